The van der Waals surface area contributed by atoms with E-state index in [4.69, 9.17) is 23.8 Å². The summed E-state index contributed by atoms with van der Waals surface area (Å²) in [6.45, 7) is 0. The molecule has 0 fully saturated rings. The van der Waals surface area contributed by atoms with Crippen LogP contribution in [-0.4, -0.2) is 21.1 Å². The first kappa shape index (κ1) is 21.3. The van der Waals surface area contributed by atoms with E-state index in [9.17, 15) is 9.90 Å². The highest BCUT2D eigenvalue weighted by molar-refractivity contribution is 7.80. The zero-order chi connectivity index (χ0) is 22.9. The van der Waals surface area contributed by atoms with Crippen molar-refractivity contribution in [1.82, 2.24) is 10.3 Å². The molecule has 0 bridgehead atoms. The first-order valence-corrected chi connectivity index (χ1v) is 11.6. The van der Waals surface area contributed by atoms with Crippen LogP contribution in [0.25, 0.3) is 31.6 Å². The quantitative estimate of drug-likeness (QED) is 0.249. The Kier molecular flexibility index (Phi) is 5.68. The average Bonchev–Trinajstić information content (AvgIpc) is 3.23. The molecule has 1 amide bonds. The number of halogens is 1. The lowest BCUT2D eigenvalue weighted by atomic mass is 10.0. The van der Waals surface area contributed by atoms with E-state index in [-0.39, 0.29) is 16.8 Å². The van der Waals surface area contributed by atoms with E-state index >= 15 is 0 Å². The van der Waals surface area contributed by atoms with E-state index in [1.807, 2.05) is 36.4 Å². The van der Waals surface area contributed by atoms with Gasteiger partial charge in [0.05, 0.1) is 15.8 Å². The first-order chi connectivity index (χ1) is 16.0. The molecule has 5 aromatic rings. The van der Waals surface area contributed by atoms with Crippen LogP contribution in [0.15, 0.2) is 78.9 Å². The highest BCUT2D eigenvalue weighted by Crippen LogP contribution is 2.36. The second-order valence-electron chi connectivity index (χ2n) is 7.27. The van der Waals surface area contributed by atoms with Crippen molar-refractivity contribution in [3.63, 3.8) is 0 Å². The van der Waals surface area contributed by atoms with Gasteiger partial charge in [-0.3, -0.25) is 10.1 Å². The highest BCUT2D eigenvalue weighted by Gasteiger charge is 2.14. The number of carbonyl (C=O) groups is 1. The average molecular weight is 490 g/mol. The Bertz CT molecular complexity index is 1510. The summed E-state index contributed by atoms with van der Waals surface area (Å²) < 4.78 is 1.05. The number of phenols is 1. The number of hydrogen-bond acceptors (Lipinski definition) is 5. The fourth-order valence-corrected chi connectivity index (χ4v) is 5.03. The molecule has 0 unspecified atom stereocenters. The molecule has 0 saturated heterocycles. The molecule has 3 N–H and O–H groups in total. The molecule has 5 rings (SSSR count). The van der Waals surface area contributed by atoms with Crippen LogP contribution in [-0.2, 0) is 0 Å². The summed E-state index contributed by atoms with van der Waals surface area (Å²) in [6, 6.07) is 23.7. The number of para-hydroxylation sites is 1. The van der Waals surface area contributed by atoms with E-state index in [0.717, 1.165) is 26.0 Å². The Hall–Kier alpha value is -3.52. The van der Waals surface area contributed by atoms with Gasteiger partial charge in [-0.2, -0.15) is 0 Å². The van der Waals surface area contributed by atoms with Crippen molar-refractivity contribution in [3.05, 3.63) is 89.4 Å². The SMILES string of the molecule is O=C(NC(=S)Nc1ccc(-c2nc3ccccc3s2)c(O)c1)c1cccc2c(Cl)cccc12. The Balaban J connectivity index is 1.33. The Morgan fingerprint density at radius 2 is 1.76 bits per heavy atom. The van der Waals surface area contributed by atoms with Crippen molar-refractivity contribution >= 4 is 72.9 Å². The molecule has 0 spiro atoms. The predicted molar refractivity (Wildman–Crippen MR) is 139 cm³/mol. The summed E-state index contributed by atoms with van der Waals surface area (Å²) in [7, 11) is 0. The van der Waals surface area contributed by atoms with Crippen LogP contribution in [0.5, 0.6) is 5.75 Å². The fourth-order valence-electron chi connectivity index (χ4n) is 3.58. The van der Waals surface area contributed by atoms with Gasteiger partial charge in [0.25, 0.3) is 5.91 Å². The zero-order valence-corrected chi connectivity index (χ0v) is 19.4. The number of hydrogen-bond donors (Lipinski definition) is 3. The minimum absolute atomic E-state index is 0.0666. The molecule has 1 heterocycles. The highest BCUT2D eigenvalue weighted by atomic mass is 35.5. The molecule has 33 heavy (non-hydrogen) atoms. The van der Waals surface area contributed by atoms with Crippen molar-refractivity contribution in [2.75, 3.05) is 5.32 Å². The van der Waals surface area contributed by atoms with Crippen LogP contribution in [0.4, 0.5) is 5.69 Å². The van der Waals surface area contributed by atoms with Crippen molar-refractivity contribution < 1.29 is 9.90 Å². The maximum atomic E-state index is 12.8. The third kappa shape index (κ3) is 4.26. The number of aromatic hydroxyl groups is 1. The van der Waals surface area contributed by atoms with Crippen molar-refractivity contribution in [2.24, 2.45) is 0 Å². The van der Waals surface area contributed by atoms with E-state index < -0.39 is 0 Å². The molecule has 0 saturated carbocycles. The van der Waals surface area contributed by atoms with Crippen LogP contribution >= 0.6 is 35.2 Å². The monoisotopic (exact) mass is 489 g/mol. The topological polar surface area (TPSA) is 74.2 Å². The molecule has 1 aromatic heterocycles. The summed E-state index contributed by atoms with van der Waals surface area (Å²) in [6.07, 6.45) is 0. The van der Waals surface area contributed by atoms with Crippen LogP contribution < -0.4 is 10.6 Å². The van der Waals surface area contributed by atoms with Gasteiger partial charge in [0, 0.05) is 27.7 Å². The number of aromatic nitrogens is 1. The van der Waals surface area contributed by atoms with Crippen LogP contribution in [0.2, 0.25) is 5.02 Å². The normalized spacial score (nSPS) is 10.9. The van der Waals surface area contributed by atoms with Gasteiger partial charge in [-0.15, -0.1) is 11.3 Å². The number of nitrogens with one attached hydrogen (secondary N) is 2. The van der Waals surface area contributed by atoms with Crippen LogP contribution in [0.1, 0.15) is 10.4 Å². The number of thiazole rings is 1. The lowest BCUT2D eigenvalue weighted by molar-refractivity contribution is 0.0979. The fraction of sp³-hybridized carbons (Fsp3) is 0. The summed E-state index contributed by atoms with van der Waals surface area (Å²) in [5, 5.41) is 19.2. The van der Waals surface area contributed by atoms with Crippen molar-refractivity contribution in [1.29, 1.82) is 0 Å². The summed E-state index contributed by atoms with van der Waals surface area (Å²) in [5.74, 6) is -0.285. The standard InChI is InChI=1S/C25H16ClN3O2S2/c26-19-8-4-5-15-16(19)6-3-7-17(15)23(31)29-25(32)27-14-11-12-18(21(30)13-14)24-28-20-9-1-2-10-22(20)33-24/h1-13,30H,(H2,27,29,31,32). The molecule has 0 radical (unpaired) electrons. The van der Waals surface area contributed by atoms with Gasteiger partial charge in [-0.1, -0.05) is 48.0 Å². The molecule has 0 atom stereocenters. The minimum atomic E-state index is -0.351. The van der Waals surface area contributed by atoms with Gasteiger partial charge >= 0.3 is 0 Å². The maximum absolute atomic E-state index is 12.8. The number of carbonyl (C=O) groups excluding carboxylic acids is 1. The van der Waals surface area contributed by atoms with Gasteiger partial charge in [-0.25, -0.2) is 4.98 Å². The molecular formula is C25H16ClN3O2S2. The number of phenolic OH excluding ortho intramolecular Hbond substituents is 1. The van der Waals surface area contributed by atoms with Gasteiger partial charge in [0.15, 0.2) is 5.11 Å². The number of anilines is 1. The second-order valence-corrected chi connectivity index (χ2v) is 9.11. The molecule has 5 nitrogen and oxygen atoms in total. The zero-order valence-electron chi connectivity index (χ0n) is 17.0. The Morgan fingerprint density at radius 1 is 0.970 bits per heavy atom. The van der Waals surface area contributed by atoms with E-state index in [1.54, 1.807) is 42.5 Å². The number of amides is 1. The molecule has 0 aliphatic rings. The molecule has 0 aliphatic carbocycles. The third-order valence-electron chi connectivity index (χ3n) is 5.12. The minimum Gasteiger partial charge on any atom is -0.507 e. The van der Waals surface area contributed by atoms with Gasteiger partial charge in [-0.05, 0) is 54.0 Å². The largest absolute Gasteiger partial charge is 0.507 e. The van der Waals surface area contributed by atoms with E-state index in [2.05, 4.69) is 15.6 Å². The van der Waals surface area contributed by atoms with Crippen molar-refractivity contribution in [2.45, 2.75) is 0 Å². The Labute approximate surface area is 203 Å². The predicted octanol–water partition coefficient (Wildman–Crippen LogP) is 6.60. The van der Waals surface area contributed by atoms with Gasteiger partial charge in [0.2, 0.25) is 0 Å². The molecule has 4 aromatic carbocycles. The maximum Gasteiger partial charge on any atom is 0.258 e. The lowest BCUT2D eigenvalue weighted by Gasteiger charge is -2.12. The van der Waals surface area contributed by atoms with Crippen LogP contribution in [0, 0.1) is 0 Å². The molecule has 8 heteroatoms. The number of fused-ring (bicyclic) bond motifs is 2. The Morgan fingerprint density at radius 3 is 2.58 bits per heavy atom. The number of nitrogens with zero attached hydrogens (tertiary/aromatic N) is 1. The summed E-state index contributed by atoms with van der Waals surface area (Å²) in [4.78, 5) is 17.4. The van der Waals surface area contributed by atoms with E-state index in [1.165, 1.54) is 11.3 Å². The van der Waals surface area contributed by atoms with E-state index in [0.29, 0.717) is 21.8 Å². The number of benzene rings is 4. The summed E-state index contributed by atoms with van der Waals surface area (Å²) >= 11 is 13.1. The summed E-state index contributed by atoms with van der Waals surface area (Å²) in [5.41, 5.74) is 2.53. The van der Waals surface area contributed by atoms with Crippen molar-refractivity contribution in [3.8, 4) is 16.3 Å². The molecule has 162 valence electrons. The van der Waals surface area contributed by atoms with Gasteiger partial charge in [0.1, 0.15) is 10.8 Å². The first-order valence-electron chi connectivity index (χ1n) is 9.98. The second kappa shape index (κ2) is 8.78. The number of thiocarbonyl (C=S) groups is 1. The molecule has 0 aliphatic heterocycles. The molecular weight excluding hydrogens is 474 g/mol. The lowest BCUT2D eigenvalue weighted by Crippen LogP contribution is -2.34. The van der Waals surface area contributed by atoms with Crippen LogP contribution in [0.3, 0.4) is 0 Å². The number of rotatable bonds is 3. The smallest absolute Gasteiger partial charge is 0.258 e. The third-order valence-corrected chi connectivity index (χ3v) is 6.72. The van der Waals surface area contributed by atoms with Gasteiger partial charge < -0.3 is 10.4 Å².